The number of aliphatic carboxylic acids is 1. The quantitative estimate of drug-likeness (QED) is 0.832. The van der Waals surface area contributed by atoms with Crippen LogP contribution < -0.4 is 0 Å². The Bertz CT molecular complexity index is 615. The first-order valence-electron chi connectivity index (χ1n) is 6.67. The van der Waals surface area contributed by atoms with Gasteiger partial charge in [0.2, 0.25) is 10.0 Å². The van der Waals surface area contributed by atoms with Crippen LogP contribution in [0.5, 0.6) is 0 Å². The number of sulfonamides is 1. The van der Waals surface area contributed by atoms with Gasteiger partial charge in [-0.1, -0.05) is 37.9 Å². The molecule has 0 amide bonds. The van der Waals surface area contributed by atoms with Gasteiger partial charge in [0, 0.05) is 13.6 Å². The molecule has 0 saturated carbocycles. The Balaban J connectivity index is 3.12. The minimum Gasteiger partial charge on any atom is -0.481 e. The summed E-state index contributed by atoms with van der Waals surface area (Å²) in [5.41, 5.74) is 0.889. The fourth-order valence-electron chi connectivity index (χ4n) is 1.92. The van der Waals surface area contributed by atoms with Gasteiger partial charge in [-0.2, -0.15) is 0 Å². The van der Waals surface area contributed by atoms with Gasteiger partial charge in [-0.3, -0.25) is 4.79 Å². The Labute approximate surface area is 130 Å². The van der Waals surface area contributed by atoms with Gasteiger partial charge >= 0.3 is 5.97 Å². The second-order valence-electron chi connectivity index (χ2n) is 5.04. The van der Waals surface area contributed by atoms with Crippen LogP contribution in [-0.4, -0.2) is 37.4 Å². The van der Waals surface area contributed by atoms with E-state index in [0.29, 0.717) is 0 Å². The molecule has 5 nitrogen and oxygen atoms in total. The second-order valence-corrected chi connectivity index (χ2v) is 7.46. The van der Waals surface area contributed by atoms with E-state index < -0.39 is 21.9 Å². The van der Waals surface area contributed by atoms with Gasteiger partial charge in [-0.15, -0.1) is 0 Å². The zero-order valence-corrected chi connectivity index (χ0v) is 13.9. The van der Waals surface area contributed by atoms with Crippen LogP contribution in [-0.2, 0) is 21.2 Å². The molecule has 0 aliphatic heterocycles. The monoisotopic (exact) mass is 333 g/mol. The molecular weight excluding hydrogens is 314 g/mol. The number of rotatable bonds is 7. The summed E-state index contributed by atoms with van der Waals surface area (Å²) in [7, 11) is -2.44. The fourth-order valence-corrected chi connectivity index (χ4v) is 3.70. The molecule has 0 aromatic heterocycles. The minimum atomic E-state index is -3.80. The Morgan fingerprint density at radius 3 is 2.57 bits per heavy atom. The van der Waals surface area contributed by atoms with E-state index in [1.54, 1.807) is 18.2 Å². The number of carboxylic acid groups (broad SMARTS) is 1. The number of halogens is 1. The molecule has 1 aromatic carbocycles. The van der Waals surface area contributed by atoms with Crippen LogP contribution in [0.15, 0.2) is 23.1 Å². The highest BCUT2D eigenvalue weighted by Gasteiger charge is 2.27. The number of aryl methyl sites for hydroxylation is 1. The highest BCUT2D eigenvalue weighted by atomic mass is 35.5. The predicted molar refractivity (Wildman–Crippen MR) is 82.1 cm³/mol. The number of carbonyl (C=O) groups is 1. The number of hydrogen-bond donors (Lipinski definition) is 1. The molecule has 1 N–H and O–H groups in total. The van der Waals surface area contributed by atoms with Crippen molar-refractivity contribution in [2.24, 2.45) is 5.92 Å². The second kappa shape index (κ2) is 7.24. The van der Waals surface area contributed by atoms with Crippen molar-refractivity contribution < 1.29 is 18.3 Å². The molecule has 118 valence electrons. The van der Waals surface area contributed by atoms with Crippen LogP contribution >= 0.6 is 11.6 Å². The standard InChI is InChI=1S/C14H20ClNO4S/c1-4-5-11-6-7-12(15)13(8-11)21(19,20)16(3)9-10(2)14(17)18/h6-8,10H,4-5,9H2,1-3H3,(H,17,18). The van der Waals surface area contributed by atoms with E-state index in [2.05, 4.69) is 0 Å². The van der Waals surface area contributed by atoms with Crippen LogP contribution in [0.4, 0.5) is 0 Å². The first-order valence-corrected chi connectivity index (χ1v) is 8.49. The van der Waals surface area contributed by atoms with Crippen LogP contribution in [0, 0.1) is 5.92 Å². The van der Waals surface area contributed by atoms with Gasteiger partial charge < -0.3 is 5.11 Å². The van der Waals surface area contributed by atoms with Crippen LogP contribution in [0.1, 0.15) is 25.8 Å². The molecule has 0 bridgehead atoms. The van der Waals surface area contributed by atoms with Crippen LogP contribution in [0.2, 0.25) is 5.02 Å². The summed E-state index contributed by atoms with van der Waals surface area (Å²) in [6.45, 7) is 3.36. The van der Waals surface area contributed by atoms with Crippen molar-refractivity contribution in [2.75, 3.05) is 13.6 Å². The van der Waals surface area contributed by atoms with E-state index in [1.807, 2.05) is 6.92 Å². The first-order chi connectivity index (χ1) is 9.70. The third-order valence-corrected chi connectivity index (χ3v) is 5.48. The van der Waals surface area contributed by atoms with E-state index in [1.165, 1.54) is 14.0 Å². The molecule has 1 aromatic rings. The molecule has 0 aliphatic rings. The van der Waals surface area contributed by atoms with E-state index in [9.17, 15) is 13.2 Å². The van der Waals surface area contributed by atoms with E-state index >= 15 is 0 Å². The molecule has 0 radical (unpaired) electrons. The van der Waals surface area contributed by atoms with Gasteiger partial charge in [0.05, 0.1) is 10.9 Å². The van der Waals surface area contributed by atoms with Gasteiger partial charge in [-0.25, -0.2) is 12.7 Å². The maximum atomic E-state index is 12.5. The summed E-state index contributed by atoms with van der Waals surface area (Å²) in [4.78, 5) is 10.9. The maximum Gasteiger partial charge on any atom is 0.307 e. The number of carboxylic acids is 1. The van der Waals surface area contributed by atoms with Gasteiger partial charge in [-0.05, 0) is 24.1 Å². The molecule has 0 saturated heterocycles. The molecule has 0 fully saturated rings. The zero-order chi connectivity index (χ0) is 16.2. The third kappa shape index (κ3) is 4.43. The lowest BCUT2D eigenvalue weighted by atomic mass is 10.1. The maximum absolute atomic E-state index is 12.5. The van der Waals surface area contributed by atoms with Crippen molar-refractivity contribution >= 4 is 27.6 Å². The first kappa shape index (κ1) is 17.9. The van der Waals surface area contributed by atoms with Crippen molar-refractivity contribution in [3.63, 3.8) is 0 Å². The molecule has 21 heavy (non-hydrogen) atoms. The van der Waals surface area contributed by atoms with Gasteiger partial charge in [0.1, 0.15) is 4.90 Å². The number of nitrogens with zero attached hydrogens (tertiary/aromatic N) is 1. The lowest BCUT2D eigenvalue weighted by Crippen LogP contribution is -2.33. The summed E-state index contributed by atoms with van der Waals surface area (Å²) in [6.07, 6.45) is 1.65. The van der Waals surface area contributed by atoms with E-state index in [0.717, 1.165) is 22.7 Å². The lowest BCUT2D eigenvalue weighted by molar-refractivity contribution is -0.141. The fraction of sp³-hybridized carbons (Fsp3) is 0.500. The summed E-state index contributed by atoms with van der Waals surface area (Å²) < 4.78 is 26.1. The number of hydrogen-bond acceptors (Lipinski definition) is 3. The minimum absolute atomic E-state index is 0.0233. The summed E-state index contributed by atoms with van der Waals surface area (Å²) in [5, 5.41) is 9.03. The Morgan fingerprint density at radius 2 is 2.05 bits per heavy atom. The topological polar surface area (TPSA) is 74.7 Å². The summed E-state index contributed by atoms with van der Waals surface area (Å²) >= 11 is 6.00. The van der Waals surface area contributed by atoms with Crippen LogP contribution in [0.25, 0.3) is 0 Å². The van der Waals surface area contributed by atoms with Crippen molar-refractivity contribution in [2.45, 2.75) is 31.6 Å². The highest BCUT2D eigenvalue weighted by Crippen LogP contribution is 2.26. The van der Waals surface area contributed by atoms with Crippen molar-refractivity contribution in [3.05, 3.63) is 28.8 Å². The molecule has 1 unspecified atom stereocenters. The van der Waals surface area contributed by atoms with Gasteiger partial charge in [0.25, 0.3) is 0 Å². The van der Waals surface area contributed by atoms with E-state index in [4.69, 9.17) is 16.7 Å². The molecule has 1 atom stereocenters. The lowest BCUT2D eigenvalue weighted by Gasteiger charge is -2.20. The molecule has 0 heterocycles. The van der Waals surface area contributed by atoms with Crippen LogP contribution in [0.3, 0.4) is 0 Å². The Hall–Kier alpha value is -1.11. The van der Waals surface area contributed by atoms with Gasteiger partial charge in [0.15, 0.2) is 0 Å². The van der Waals surface area contributed by atoms with Crippen molar-refractivity contribution in [1.29, 1.82) is 0 Å². The molecule has 1 rings (SSSR count). The largest absolute Gasteiger partial charge is 0.481 e. The average Bonchev–Trinajstić information content (AvgIpc) is 2.40. The molecular formula is C14H20ClNO4S. The SMILES string of the molecule is CCCc1ccc(Cl)c(S(=O)(=O)N(C)CC(C)C(=O)O)c1. The molecule has 0 spiro atoms. The van der Waals surface area contributed by atoms with Crippen molar-refractivity contribution in [3.8, 4) is 0 Å². The Morgan fingerprint density at radius 1 is 1.43 bits per heavy atom. The van der Waals surface area contributed by atoms with Crippen molar-refractivity contribution in [1.82, 2.24) is 4.31 Å². The molecule has 0 aliphatic carbocycles. The van der Waals surface area contributed by atoms with E-state index in [-0.39, 0.29) is 16.5 Å². The highest BCUT2D eigenvalue weighted by molar-refractivity contribution is 7.89. The average molecular weight is 334 g/mol. The molecule has 7 heteroatoms. The zero-order valence-electron chi connectivity index (χ0n) is 12.3. The number of benzene rings is 1. The normalized spacial score (nSPS) is 13.4. The summed E-state index contributed by atoms with van der Waals surface area (Å²) in [6, 6.07) is 4.92. The predicted octanol–water partition coefficient (Wildman–Crippen LogP) is 2.63. The smallest absolute Gasteiger partial charge is 0.307 e. The third-order valence-electron chi connectivity index (χ3n) is 3.18. The Kier molecular flexibility index (Phi) is 6.19. The summed E-state index contributed by atoms with van der Waals surface area (Å²) in [5.74, 6) is -1.83.